The molecule has 1 heterocycles. The predicted molar refractivity (Wildman–Crippen MR) is 128 cm³/mol. The summed E-state index contributed by atoms with van der Waals surface area (Å²) < 4.78 is 10.3. The summed E-state index contributed by atoms with van der Waals surface area (Å²) in [6.07, 6.45) is 2.27. The molecule has 9 heteroatoms. The summed E-state index contributed by atoms with van der Waals surface area (Å²) in [6, 6.07) is 12.4. The molecule has 0 saturated heterocycles. The zero-order chi connectivity index (χ0) is 24.7. The number of benzene rings is 2. The van der Waals surface area contributed by atoms with Crippen molar-refractivity contribution < 1.29 is 28.7 Å². The van der Waals surface area contributed by atoms with Gasteiger partial charge in [0.2, 0.25) is 0 Å². The number of hydrogen-bond donors (Lipinski definition) is 1. The fraction of sp³-hybridized carbons (Fsp3) is 0.280. The minimum atomic E-state index is -0.761. The Hall–Kier alpha value is -3.65. The number of carbonyl (C=O) groups excluding carboxylic acids is 4. The zero-order valence-electron chi connectivity index (χ0n) is 18.9. The lowest BCUT2D eigenvalue weighted by molar-refractivity contribution is -0.120. The lowest BCUT2D eigenvalue weighted by Gasteiger charge is -2.18. The number of hydrogen-bond acceptors (Lipinski definition) is 7. The normalized spacial score (nSPS) is 13.3. The number of ether oxygens (including phenoxy) is 2. The molecule has 0 bridgehead atoms. The number of para-hydroxylation sites is 1. The first-order valence-corrected chi connectivity index (χ1v) is 11.4. The van der Waals surface area contributed by atoms with Gasteiger partial charge in [-0.3, -0.25) is 9.59 Å². The molecule has 178 valence electrons. The van der Waals surface area contributed by atoms with E-state index in [4.69, 9.17) is 21.1 Å². The summed E-state index contributed by atoms with van der Waals surface area (Å²) >= 11 is 6.21. The Labute approximate surface area is 202 Å². The van der Waals surface area contributed by atoms with Crippen LogP contribution in [0.1, 0.15) is 53.8 Å². The summed E-state index contributed by atoms with van der Waals surface area (Å²) in [7, 11) is 0. The summed E-state index contributed by atoms with van der Waals surface area (Å²) in [5.74, 6) is -2.56. The first-order valence-electron chi connectivity index (χ1n) is 11.0. The Morgan fingerprint density at radius 1 is 0.882 bits per heavy atom. The maximum atomic E-state index is 13.1. The molecule has 0 radical (unpaired) electrons. The molecule has 0 unspecified atom stereocenters. The molecule has 34 heavy (non-hydrogen) atoms. The van der Waals surface area contributed by atoms with E-state index in [1.54, 1.807) is 24.3 Å². The van der Waals surface area contributed by atoms with Gasteiger partial charge in [0.05, 0.1) is 30.0 Å². The average molecular weight is 485 g/mol. The van der Waals surface area contributed by atoms with Gasteiger partial charge in [0.25, 0.3) is 11.8 Å². The van der Waals surface area contributed by atoms with Crippen molar-refractivity contribution in [2.45, 2.75) is 33.1 Å². The van der Waals surface area contributed by atoms with Crippen LogP contribution < -0.4 is 10.2 Å². The Morgan fingerprint density at radius 3 is 2.24 bits per heavy atom. The lowest BCUT2D eigenvalue weighted by atomic mass is 10.1. The van der Waals surface area contributed by atoms with E-state index in [1.807, 2.05) is 13.8 Å². The van der Waals surface area contributed by atoms with Crippen molar-refractivity contribution in [1.82, 2.24) is 0 Å². The van der Waals surface area contributed by atoms with Crippen LogP contribution in [-0.4, -0.2) is 37.0 Å². The van der Waals surface area contributed by atoms with Crippen LogP contribution in [0.2, 0.25) is 0 Å². The van der Waals surface area contributed by atoms with E-state index in [9.17, 15) is 19.2 Å². The second-order valence-electron chi connectivity index (χ2n) is 7.48. The first-order chi connectivity index (χ1) is 16.4. The monoisotopic (exact) mass is 484 g/mol. The topological polar surface area (TPSA) is 102 Å². The molecule has 1 aliphatic heterocycles. The van der Waals surface area contributed by atoms with Crippen LogP contribution in [0.4, 0.5) is 11.4 Å². The number of nitrogens with one attached hydrogen (secondary N) is 1. The van der Waals surface area contributed by atoms with Crippen LogP contribution in [-0.2, 0) is 19.1 Å². The Bertz CT molecular complexity index is 1130. The van der Waals surface area contributed by atoms with Crippen LogP contribution in [0.3, 0.4) is 0 Å². The van der Waals surface area contributed by atoms with Crippen molar-refractivity contribution in [2.24, 2.45) is 0 Å². The van der Waals surface area contributed by atoms with Gasteiger partial charge in [-0.2, -0.15) is 0 Å². The molecule has 1 aliphatic rings. The number of unbranched alkanes of at least 4 members (excludes halogenated alkanes) is 1. The zero-order valence-corrected chi connectivity index (χ0v) is 19.7. The van der Waals surface area contributed by atoms with Crippen molar-refractivity contribution in [3.63, 3.8) is 0 Å². The second kappa shape index (κ2) is 11.5. The highest BCUT2D eigenvalue weighted by atomic mass is 35.5. The van der Waals surface area contributed by atoms with Gasteiger partial charge in [0, 0.05) is 5.69 Å². The quantitative estimate of drug-likeness (QED) is 0.297. The third-order valence-electron chi connectivity index (χ3n) is 4.95. The minimum absolute atomic E-state index is 0.0842. The molecule has 2 aromatic carbocycles. The number of rotatable bonds is 10. The largest absolute Gasteiger partial charge is 0.462 e. The van der Waals surface area contributed by atoms with Crippen molar-refractivity contribution in [3.05, 3.63) is 70.4 Å². The molecule has 1 N–H and O–H groups in total. The first kappa shape index (κ1) is 25.0. The highest BCUT2D eigenvalue weighted by molar-refractivity contribution is 6.53. The third-order valence-corrected chi connectivity index (χ3v) is 5.30. The van der Waals surface area contributed by atoms with Gasteiger partial charge >= 0.3 is 11.9 Å². The maximum Gasteiger partial charge on any atom is 0.340 e. The van der Waals surface area contributed by atoms with Gasteiger partial charge in [0.15, 0.2) is 0 Å². The molecule has 0 saturated carbocycles. The molecule has 2 amide bonds. The Morgan fingerprint density at radius 2 is 1.56 bits per heavy atom. The number of esters is 2. The molecular formula is C25H25ClN2O6. The molecule has 0 aliphatic carbocycles. The average Bonchev–Trinajstić information content (AvgIpc) is 3.06. The number of carbonyl (C=O) groups is 4. The highest BCUT2D eigenvalue weighted by Gasteiger charge is 2.40. The summed E-state index contributed by atoms with van der Waals surface area (Å²) in [5.41, 5.74) is 0.826. The van der Waals surface area contributed by atoms with Gasteiger partial charge in [-0.25, -0.2) is 14.5 Å². The Balaban J connectivity index is 1.79. The van der Waals surface area contributed by atoms with E-state index in [1.165, 1.54) is 24.3 Å². The minimum Gasteiger partial charge on any atom is -0.462 e. The molecule has 0 fully saturated rings. The van der Waals surface area contributed by atoms with E-state index in [-0.39, 0.29) is 28.6 Å². The van der Waals surface area contributed by atoms with E-state index < -0.39 is 23.8 Å². The fourth-order valence-electron chi connectivity index (χ4n) is 3.17. The summed E-state index contributed by atoms with van der Waals surface area (Å²) in [5, 5.41) is 2.52. The predicted octanol–water partition coefficient (Wildman–Crippen LogP) is 4.65. The summed E-state index contributed by atoms with van der Waals surface area (Å²) in [6.45, 7) is 4.42. The molecule has 0 atom stereocenters. The molecule has 0 spiro atoms. The smallest absolute Gasteiger partial charge is 0.340 e. The van der Waals surface area contributed by atoms with Gasteiger partial charge in [-0.05, 0) is 49.2 Å². The van der Waals surface area contributed by atoms with Gasteiger partial charge < -0.3 is 14.8 Å². The number of imide groups is 1. The van der Waals surface area contributed by atoms with E-state index in [0.717, 1.165) is 11.3 Å². The van der Waals surface area contributed by atoms with Crippen molar-refractivity contribution >= 4 is 46.7 Å². The van der Waals surface area contributed by atoms with Gasteiger partial charge in [0.1, 0.15) is 10.7 Å². The number of anilines is 2. The third kappa shape index (κ3) is 5.46. The van der Waals surface area contributed by atoms with Crippen LogP contribution in [0.5, 0.6) is 0 Å². The SMILES string of the molecule is CCCCOC(=O)c1ccccc1N1C(=O)C(Cl)=C(Nc2ccc(C(=O)OCCC)cc2)C1=O. The van der Waals surface area contributed by atoms with Crippen LogP contribution in [0.15, 0.2) is 59.3 Å². The van der Waals surface area contributed by atoms with E-state index in [0.29, 0.717) is 30.7 Å². The van der Waals surface area contributed by atoms with Crippen molar-refractivity contribution in [2.75, 3.05) is 23.4 Å². The molecule has 2 aromatic rings. The number of amides is 2. The number of nitrogens with zero attached hydrogens (tertiary/aromatic N) is 1. The molecular weight excluding hydrogens is 460 g/mol. The second-order valence-corrected chi connectivity index (χ2v) is 7.86. The van der Waals surface area contributed by atoms with Crippen molar-refractivity contribution in [3.8, 4) is 0 Å². The summed E-state index contributed by atoms with van der Waals surface area (Å²) in [4.78, 5) is 51.3. The molecule has 0 aromatic heterocycles. The van der Waals surface area contributed by atoms with E-state index in [2.05, 4.69) is 5.32 Å². The molecule has 8 nitrogen and oxygen atoms in total. The van der Waals surface area contributed by atoms with Gasteiger partial charge in [-0.1, -0.05) is 44.0 Å². The standard InChI is InChI=1S/C25H25ClN2O6/c1-3-5-15-34-25(32)18-8-6-7-9-19(18)28-22(29)20(26)21(23(28)30)27-17-12-10-16(11-13-17)24(31)33-14-4-2/h6-13,27H,3-5,14-15H2,1-2H3. The lowest BCUT2D eigenvalue weighted by Crippen LogP contribution is -2.33. The van der Waals surface area contributed by atoms with Crippen LogP contribution in [0, 0.1) is 0 Å². The van der Waals surface area contributed by atoms with Crippen LogP contribution >= 0.6 is 11.6 Å². The van der Waals surface area contributed by atoms with Gasteiger partial charge in [-0.15, -0.1) is 0 Å². The number of halogens is 1. The Kier molecular flexibility index (Phi) is 8.43. The molecule has 3 rings (SSSR count). The fourth-order valence-corrected chi connectivity index (χ4v) is 3.38. The maximum absolute atomic E-state index is 13.1. The highest BCUT2D eigenvalue weighted by Crippen LogP contribution is 2.32. The van der Waals surface area contributed by atoms with Crippen molar-refractivity contribution in [1.29, 1.82) is 0 Å². The van der Waals surface area contributed by atoms with E-state index >= 15 is 0 Å². The van der Waals surface area contributed by atoms with Crippen LogP contribution in [0.25, 0.3) is 0 Å².